The Kier molecular flexibility index (Phi) is 2.78. The maximum Gasteiger partial charge on any atom is 0.407 e. The van der Waals surface area contributed by atoms with Gasteiger partial charge in [-0.05, 0) is 18.6 Å². The van der Waals surface area contributed by atoms with Crippen LogP contribution in [-0.4, -0.2) is 46.8 Å². The highest BCUT2D eigenvalue weighted by Crippen LogP contribution is 2.34. The molecule has 5 nitrogen and oxygen atoms in total. The first kappa shape index (κ1) is 11.6. The topological polar surface area (TPSA) is 56.7 Å². The molecule has 1 N–H and O–H groups in total. The molecule has 0 spiro atoms. The fourth-order valence-corrected chi connectivity index (χ4v) is 3.09. The fraction of sp³-hybridized carbons (Fsp3) is 0.500. The average Bonchev–Trinajstić information content (AvgIpc) is 2.89. The van der Waals surface area contributed by atoms with Crippen molar-refractivity contribution in [3.8, 4) is 0 Å². The van der Waals surface area contributed by atoms with E-state index in [1.165, 1.54) is 4.90 Å². The minimum atomic E-state index is -0.821. The fourth-order valence-electron chi connectivity index (χ4n) is 2.98. The highest BCUT2D eigenvalue weighted by Gasteiger charge is 2.42. The molecule has 2 aliphatic rings. The highest BCUT2D eigenvalue weighted by atomic mass is 35.5. The van der Waals surface area contributed by atoms with Gasteiger partial charge in [0, 0.05) is 25.6 Å². The van der Waals surface area contributed by atoms with Crippen LogP contribution in [0.2, 0.25) is 5.15 Å². The quantitative estimate of drug-likeness (QED) is 0.790. The van der Waals surface area contributed by atoms with Gasteiger partial charge in [-0.15, -0.1) is 0 Å². The lowest BCUT2D eigenvalue weighted by Crippen LogP contribution is -2.36. The van der Waals surface area contributed by atoms with Gasteiger partial charge in [0.15, 0.2) is 0 Å². The summed E-state index contributed by atoms with van der Waals surface area (Å²) in [6.45, 7) is 2.20. The van der Waals surface area contributed by atoms with Crippen molar-refractivity contribution in [3.05, 3.63) is 23.5 Å². The van der Waals surface area contributed by atoms with Crippen LogP contribution in [0.4, 0.5) is 10.5 Å². The van der Waals surface area contributed by atoms with E-state index in [0.29, 0.717) is 24.2 Å². The van der Waals surface area contributed by atoms with Crippen LogP contribution in [0.5, 0.6) is 0 Å². The van der Waals surface area contributed by atoms with E-state index in [9.17, 15) is 4.79 Å². The van der Waals surface area contributed by atoms with E-state index >= 15 is 0 Å². The molecule has 0 saturated carbocycles. The van der Waals surface area contributed by atoms with Crippen LogP contribution in [0.15, 0.2) is 18.3 Å². The summed E-state index contributed by atoms with van der Waals surface area (Å²) in [5.74, 6) is 0.441. The third-order valence-corrected chi connectivity index (χ3v) is 4.09. The first-order valence-electron chi connectivity index (χ1n) is 6.01. The van der Waals surface area contributed by atoms with E-state index < -0.39 is 6.09 Å². The molecule has 96 valence electrons. The summed E-state index contributed by atoms with van der Waals surface area (Å²) in [5.41, 5.74) is 1.03. The lowest BCUT2D eigenvalue weighted by atomic mass is 10.1. The molecule has 2 fully saturated rings. The van der Waals surface area contributed by atoms with Gasteiger partial charge in [0.1, 0.15) is 5.15 Å². The molecule has 1 aromatic rings. The third-order valence-electron chi connectivity index (χ3n) is 3.86. The number of halogens is 1. The molecular weight excluding hydrogens is 254 g/mol. The Morgan fingerprint density at radius 2 is 2.28 bits per heavy atom. The summed E-state index contributed by atoms with van der Waals surface area (Å²) in [5, 5.41) is 9.52. The van der Waals surface area contributed by atoms with Gasteiger partial charge in [-0.25, -0.2) is 9.78 Å². The van der Waals surface area contributed by atoms with Crippen LogP contribution in [0, 0.1) is 5.92 Å². The van der Waals surface area contributed by atoms with Crippen LogP contribution in [0.25, 0.3) is 0 Å². The number of carbonyl (C=O) groups is 1. The number of pyridine rings is 1. The van der Waals surface area contributed by atoms with Gasteiger partial charge in [0.05, 0.1) is 17.9 Å². The second kappa shape index (κ2) is 4.31. The molecule has 18 heavy (non-hydrogen) atoms. The molecule has 3 rings (SSSR count). The minimum Gasteiger partial charge on any atom is -0.465 e. The molecule has 6 heteroatoms. The number of fused-ring (bicyclic) bond motifs is 1. The molecule has 1 aromatic heterocycles. The maximum absolute atomic E-state index is 11.0. The summed E-state index contributed by atoms with van der Waals surface area (Å²) in [4.78, 5) is 18.8. The third kappa shape index (κ3) is 1.88. The van der Waals surface area contributed by atoms with Crippen molar-refractivity contribution in [1.29, 1.82) is 0 Å². The number of anilines is 1. The summed E-state index contributed by atoms with van der Waals surface area (Å²) in [6.07, 6.45) is 1.98. The number of carboxylic acid groups (broad SMARTS) is 1. The Morgan fingerprint density at radius 3 is 2.94 bits per heavy atom. The summed E-state index contributed by atoms with van der Waals surface area (Å²) < 4.78 is 0. The van der Waals surface area contributed by atoms with E-state index in [4.69, 9.17) is 16.7 Å². The zero-order valence-electron chi connectivity index (χ0n) is 9.79. The first-order chi connectivity index (χ1) is 8.65. The zero-order valence-corrected chi connectivity index (χ0v) is 10.5. The lowest BCUT2D eigenvalue weighted by Gasteiger charge is -2.26. The zero-order chi connectivity index (χ0) is 12.7. The molecule has 0 radical (unpaired) electrons. The first-order valence-corrected chi connectivity index (χ1v) is 6.39. The number of hydrogen-bond acceptors (Lipinski definition) is 3. The standard InChI is InChI=1S/C12H14ClN3O2/c13-11-2-1-9(5-14-11)16-4-3-8-6-15(12(17)18)7-10(8)16/h1-2,5,8,10H,3-4,6-7H2,(H,17,18)/t8-,10+/m1/s1. The largest absolute Gasteiger partial charge is 0.465 e. The van der Waals surface area contributed by atoms with Crippen molar-refractivity contribution >= 4 is 23.4 Å². The molecule has 2 atom stereocenters. The van der Waals surface area contributed by atoms with Crippen LogP contribution in [0.3, 0.4) is 0 Å². The van der Waals surface area contributed by atoms with Crippen LogP contribution in [-0.2, 0) is 0 Å². The van der Waals surface area contributed by atoms with E-state index in [1.807, 2.05) is 6.07 Å². The maximum atomic E-state index is 11.0. The Hall–Kier alpha value is -1.49. The molecule has 0 unspecified atom stereocenters. The van der Waals surface area contributed by atoms with Gasteiger partial charge in [0.25, 0.3) is 0 Å². The Balaban J connectivity index is 1.79. The number of nitrogens with zero attached hydrogens (tertiary/aromatic N) is 3. The minimum absolute atomic E-state index is 0.282. The van der Waals surface area contributed by atoms with Gasteiger partial charge in [0.2, 0.25) is 0 Å². The highest BCUT2D eigenvalue weighted by molar-refractivity contribution is 6.29. The predicted octanol–water partition coefficient (Wildman–Crippen LogP) is 1.92. The Bertz CT molecular complexity index is 465. The lowest BCUT2D eigenvalue weighted by molar-refractivity contribution is 0.153. The molecular formula is C12H14ClN3O2. The van der Waals surface area contributed by atoms with Gasteiger partial charge < -0.3 is 14.9 Å². The van der Waals surface area contributed by atoms with Crippen molar-refractivity contribution < 1.29 is 9.90 Å². The van der Waals surface area contributed by atoms with Crippen molar-refractivity contribution in [2.24, 2.45) is 5.92 Å². The normalized spacial score (nSPS) is 26.5. The monoisotopic (exact) mass is 267 g/mol. The molecule has 1 amide bonds. The van der Waals surface area contributed by atoms with Gasteiger partial charge >= 0.3 is 6.09 Å². The SMILES string of the molecule is O=C(O)N1C[C@H]2CCN(c3ccc(Cl)nc3)[C@H]2C1. The van der Waals surface area contributed by atoms with Crippen LogP contribution in [0.1, 0.15) is 6.42 Å². The molecule has 2 saturated heterocycles. The average molecular weight is 268 g/mol. The van der Waals surface area contributed by atoms with E-state index in [0.717, 1.165) is 18.7 Å². The van der Waals surface area contributed by atoms with Crippen molar-refractivity contribution in [2.45, 2.75) is 12.5 Å². The number of hydrogen-bond donors (Lipinski definition) is 1. The second-order valence-corrected chi connectivity index (χ2v) is 5.22. The van der Waals surface area contributed by atoms with E-state index in [2.05, 4.69) is 9.88 Å². The van der Waals surface area contributed by atoms with E-state index in [1.54, 1.807) is 12.3 Å². The van der Waals surface area contributed by atoms with Gasteiger partial charge in [-0.3, -0.25) is 0 Å². The number of amides is 1. The molecule has 2 aliphatic heterocycles. The summed E-state index contributed by atoms with van der Waals surface area (Å²) >= 11 is 5.78. The predicted molar refractivity (Wildman–Crippen MR) is 68.1 cm³/mol. The number of aromatic nitrogens is 1. The molecule has 0 aliphatic carbocycles. The van der Waals surface area contributed by atoms with Gasteiger partial charge in [-0.2, -0.15) is 0 Å². The summed E-state index contributed by atoms with van der Waals surface area (Å²) in [7, 11) is 0. The number of likely N-dealkylation sites (tertiary alicyclic amines) is 1. The molecule has 3 heterocycles. The molecule has 0 aromatic carbocycles. The van der Waals surface area contributed by atoms with Crippen LogP contribution < -0.4 is 4.90 Å². The number of rotatable bonds is 1. The van der Waals surface area contributed by atoms with Crippen molar-refractivity contribution in [2.75, 3.05) is 24.5 Å². The van der Waals surface area contributed by atoms with Gasteiger partial charge in [-0.1, -0.05) is 11.6 Å². The molecule has 0 bridgehead atoms. The van der Waals surface area contributed by atoms with Crippen molar-refractivity contribution in [1.82, 2.24) is 9.88 Å². The Labute approximate surface area is 110 Å². The van der Waals surface area contributed by atoms with Crippen LogP contribution >= 0.6 is 11.6 Å². The Morgan fingerprint density at radius 1 is 1.44 bits per heavy atom. The second-order valence-electron chi connectivity index (χ2n) is 4.84. The summed E-state index contributed by atoms with van der Waals surface area (Å²) in [6, 6.07) is 4.00. The van der Waals surface area contributed by atoms with Crippen molar-refractivity contribution in [3.63, 3.8) is 0 Å². The van der Waals surface area contributed by atoms with E-state index in [-0.39, 0.29) is 6.04 Å². The smallest absolute Gasteiger partial charge is 0.407 e.